The van der Waals surface area contributed by atoms with Crippen molar-refractivity contribution in [3.05, 3.63) is 64.6 Å². The molecule has 0 atom stereocenters. The van der Waals surface area contributed by atoms with Crippen LogP contribution in [0.2, 0.25) is 0 Å². The quantitative estimate of drug-likeness (QED) is 0.773. The molecule has 0 aliphatic heterocycles. The van der Waals surface area contributed by atoms with Crippen molar-refractivity contribution in [3.8, 4) is 5.75 Å². The Morgan fingerprint density at radius 1 is 1.19 bits per heavy atom. The summed E-state index contributed by atoms with van der Waals surface area (Å²) in [6.07, 6.45) is -0.540. The van der Waals surface area contributed by atoms with Crippen molar-refractivity contribution in [2.24, 2.45) is 0 Å². The van der Waals surface area contributed by atoms with Crippen LogP contribution in [0.25, 0.3) is 11.1 Å². The molecular formula is C15H12N2O4. The summed E-state index contributed by atoms with van der Waals surface area (Å²) in [6.45, 7) is 0.287. The summed E-state index contributed by atoms with van der Waals surface area (Å²) < 4.78 is 10.0. The minimum atomic E-state index is -0.540. The summed E-state index contributed by atoms with van der Waals surface area (Å²) in [4.78, 5) is 25.3. The molecule has 1 amide bonds. The van der Waals surface area contributed by atoms with Crippen LogP contribution in [0.15, 0.2) is 57.7 Å². The van der Waals surface area contributed by atoms with Crippen LogP contribution in [0.4, 0.5) is 4.79 Å². The number of carbonyl (C=O) groups excluding carboxylic acids is 1. The lowest BCUT2D eigenvalue weighted by Crippen LogP contribution is -2.26. The average Bonchev–Trinajstić information content (AvgIpc) is 2.85. The Kier molecular flexibility index (Phi) is 3.42. The van der Waals surface area contributed by atoms with E-state index in [-0.39, 0.29) is 6.54 Å². The molecule has 1 aromatic heterocycles. The van der Waals surface area contributed by atoms with Crippen LogP contribution in [0.1, 0.15) is 5.56 Å². The first kappa shape index (κ1) is 13.0. The third-order valence-electron chi connectivity index (χ3n) is 2.87. The van der Waals surface area contributed by atoms with Gasteiger partial charge in [0.25, 0.3) is 0 Å². The topological polar surface area (TPSA) is 84.3 Å². The minimum absolute atomic E-state index is 0.287. The van der Waals surface area contributed by atoms with Gasteiger partial charge in [0.2, 0.25) is 0 Å². The zero-order valence-corrected chi connectivity index (χ0v) is 11.0. The molecule has 1 heterocycles. The first-order valence-electron chi connectivity index (χ1n) is 6.33. The normalized spacial score (nSPS) is 10.5. The number of hydrogen-bond acceptors (Lipinski definition) is 4. The number of benzene rings is 2. The van der Waals surface area contributed by atoms with E-state index in [0.29, 0.717) is 16.8 Å². The van der Waals surface area contributed by atoms with Gasteiger partial charge in [0.1, 0.15) is 5.75 Å². The van der Waals surface area contributed by atoms with Crippen molar-refractivity contribution in [2.45, 2.75) is 6.54 Å². The molecule has 0 radical (unpaired) electrons. The molecule has 106 valence electrons. The number of H-pyrrole nitrogens is 1. The third-order valence-corrected chi connectivity index (χ3v) is 2.87. The minimum Gasteiger partial charge on any atom is -0.410 e. The smallest absolute Gasteiger partial charge is 0.410 e. The monoisotopic (exact) mass is 284 g/mol. The Morgan fingerprint density at radius 2 is 2.00 bits per heavy atom. The largest absolute Gasteiger partial charge is 0.417 e. The molecule has 0 saturated carbocycles. The molecular weight excluding hydrogens is 272 g/mol. The number of ether oxygens (including phenoxy) is 1. The highest BCUT2D eigenvalue weighted by molar-refractivity contribution is 5.73. The molecule has 0 unspecified atom stereocenters. The second kappa shape index (κ2) is 5.54. The Labute approximate surface area is 119 Å². The molecule has 3 aromatic rings. The fourth-order valence-electron chi connectivity index (χ4n) is 1.92. The van der Waals surface area contributed by atoms with Gasteiger partial charge >= 0.3 is 11.8 Å². The molecule has 21 heavy (non-hydrogen) atoms. The number of para-hydroxylation sites is 1. The van der Waals surface area contributed by atoms with E-state index in [1.807, 2.05) is 6.07 Å². The van der Waals surface area contributed by atoms with Crippen LogP contribution in [-0.2, 0) is 6.54 Å². The van der Waals surface area contributed by atoms with Crippen LogP contribution in [-0.4, -0.2) is 11.1 Å². The zero-order valence-electron chi connectivity index (χ0n) is 11.0. The molecule has 0 bridgehead atoms. The SMILES string of the molecule is O=C(NCc1ccc2oc(=O)[nH]c2c1)Oc1ccccc1. The number of nitrogens with one attached hydrogen (secondary N) is 2. The van der Waals surface area contributed by atoms with Gasteiger partial charge < -0.3 is 14.5 Å². The number of carbonyl (C=O) groups is 1. The highest BCUT2D eigenvalue weighted by atomic mass is 16.6. The van der Waals surface area contributed by atoms with E-state index in [2.05, 4.69) is 10.3 Å². The van der Waals surface area contributed by atoms with Crippen LogP contribution in [0.3, 0.4) is 0 Å². The summed E-state index contributed by atoms with van der Waals surface area (Å²) >= 11 is 0. The van der Waals surface area contributed by atoms with Crippen LogP contribution in [0.5, 0.6) is 5.75 Å². The maximum Gasteiger partial charge on any atom is 0.417 e. The van der Waals surface area contributed by atoms with E-state index in [9.17, 15) is 9.59 Å². The highest BCUT2D eigenvalue weighted by Crippen LogP contribution is 2.12. The Balaban J connectivity index is 1.63. The third kappa shape index (κ3) is 3.11. The lowest BCUT2D eigenvalue weighted by atomic mass is 10.2. The number of amides is 1. The molecule has 0 saturated heterocycles. The molecule has 0 fully saturated rings. The molecule has 0 aliphatic rings. The molecule has 0 spiro atoms. The molecule has 0 aliphatic carbocycles. The van der Waals surface area contributed by atoms with Crippen LogP contribution >= 0.6 is 0 Å². The maximum absolute atomic E-state index is 11.6. The number of rotatable bonds is 3. The van der Waals surface area contributed by atoms with E-state index < -0.39 is 11.8 Å². The average molecular weight is 284 g/mol. The lowest BCUT2D eigenvalue weighted by molar-refractivity contribution is 0.200. The van der Waals surface area contributed by atoms with Gasteiger partial charge in [-0.2, -0.15) is 0 Å². The van der Waals surface area contributed by atoms with Crippen molar-refractivity contribution < 1.29 is 13.9 Å². The van der Waals surface area contributed by atoms with E-state index in [0.717, 1.165) is 5.56 Å². The molecule has 2 N–H and O–H groups in total. The van der Waals surface area contributed by atoms with E-state index in [1.165, 1.54) is 0 Å². The second-order valence-electron chi connectivity index (χ2n) is 4.40. The summed E-state index contributed by atoms with van der Waals surface area (Å²) in [5.41, 5.74) is 1.90. The second-order valence-corrected chi connectivity index (χ2v) is 4.40. The summed E-state index contributed by atoms with van der Waals surface area (Å²) in [7, 11) is 0. The van der Waals surface area contributed by atoms with Gasteiger partial charge in [-0.25, -0.2) is 9.59 Å². The Morgan fingerprint density at radius 3 is 2.81 bits per heavy atom. The van der Waals surface area contributed by atoms with Gasteiger partial charge in [-0.05, 0) is 29.8 Å². The number of aromatic nitrogens is 1. The van der Waals surface area contributed by atoms with Gasteiger partial charge in [0, 0.05) is 6.54 Å². The number of aromatic amines is 1. The van der Waals surface area contributed by atoms with Crippen molar-refractivity contribution in [2.75, 3.05) is 0 Å². The predicted octanol–water partition coefficient (Wildman–Crippen LogP) is 2.41. The van der Waals surface area contributed by atoms with E-state index in [1.54, 1.807) is 42.5 Å². The van der Waals surface area contributed by atoms with Crippen molar-refractivity contribution in [3.63, 3.8) is 0 Å². The fraction of sp³-hybridized carbons (Fsp3) is 0.0667. The summed E-state index contributed by atoms with van der Waals surface area (Å²) in [5, 5.41) is 2.64. The van der Waals surface area contributed by atoms with Crippen molar-refractivity contribution in [1.82, 2.24) is 10.3 Å². The molecule has 6 heteroatoms. The highest BCUT2D eigenvalue weighted by Gasteiger charge is 2.05. The Hall–Kier alpha value is -3.02. The van der Waals surface area contributed by atoms with Gasteiger partial charge in [-0.15, -0.1) is 0 Å². The summed E-state index contributed by atoms with van der Waals surface area (Å²) in [5.74, 6) is -0.0248. The fourth-order valence-corrected chi connectivity index (χ4v) is 1.92. The van der Waals surface area contributed by atoms with Crippen molar-refractivity contribution >= 4 is 17.2 Å². The van der Waals surface area contributed by atoms with E-state index in [4.69, 9.17) is 9.15 Å². The molecule has 2 aromatic carbocycles. The zero-order chi connectivity index (χ0) is 14.7. The molecule has 3 rings (SSSR count). The van der Waals surface area contributed by atoms with E-state index >= 15 is 0 Å². The number of hydrogen-bond donors (Lipinski definition) is 2. The van der Waals surface area contributed by atoms with Gasteiger partial charge in [0.15, 0.2) is 5.58 Å². The molecule has 6 nitrogen and oxygen atoms in total. The predicted molar refractivity (Wildman–Crippen MR) is 76.1 cm³/mol. The Bertz CT molecular complexity index is 820. The van der Waals surface area contributed by atoms with Crippen LogP contribution in [0, 0.1) is 0 Å². The standard InChI is InChI=1S/C15H12N2O4/c18-14(20-11-4-2-1-3-5-11)16-9-10-6-7-13-12(8-10)17-15(19)21-13/h1-8H,9H2,(H,16,18)(H,17,19). The number of oxazole rings is 1. The lowest BCUT2D eigenvalue weighted by Gasteiger charge is -2.06. The van der Waals surface area contributed by atoms with Gasteiger partial charge in [-0.3, -0.25) is 4.98 Å². The van der Waals surface area contributed by atoms with Crippen LogP contribution < -0.4 is 15.8 Å². The number of fused-ring (bicyclic) bond motifs is 1. The summed E-state index contributed by atoms with van der Waals surface area (Å²) in [6, 6.07) is 14.0. The van der Waals surface area contributed by atoms with Crippen molar-refractivity contribution in [1.29, 1.82) is 0 Å². The van der Waals surface area contributed by atoms with Gasteiger partial charge in [0.05, 0.1) is 5.52 Å². The maximum atomic E-state index is 11.6. The first-order valence-corrected chi connectivity index (χ1v) is 6.33. The van der Waals surface area contributed by atoms with Gasteiger partial charge in [-0.1, -0.05) is 24.3 Å². The first-order chi connectivity index (χ1) is 10.2.